The van der Waals surface area contributed by atoms with Crippen LogP contribution in [0.25, 0.3) is 11.1 Å². The van der Waals surface area contributed by atoms with Gasteiger partial charge in [0.25, 0.3) is 0 Å². The SMILES string of the molecule is COc1cc(-c2ccccc2)c(C)c(OC)c1OC. The molecule has 2 aromatic carbocycles. The first kappa shape index (κ1) is 13.3. The fourth-order valence-corrected chi connectivity index (χ4v) is 2.22. The van der Waals surface area contributed by atoms with E-state index in [1.165, 1.54) is 0 Å². The summed E-state index contributed by atoms with van der Waals surface area (Å²) < 4.78 is 16.2. The van der Waals surface area contributed by atoms with Gasteiger partial charge in [-0.25, -0.2) is 0 Å². The van der Waals surface area contributed by atoms with Crippen molar-refractivity contribution < 1.29 is 14.2 Å². The molecule has 2 aromatic rings. The topological polar surface area (TPSA) is 27.7 Å². The second-order valence-corrected chi connectivity index (χ2v) is 4.18. The van der Waals surface area contributed by atoms with E-state index in [0.29, 0.717) is 17.2 Å². The molecule has 0 aromatic heterocycles. The van der Waals surface area contributed by atoms with Crippen LogP contribution in [-0.2, 0) is 0 Å². The van der Waals surface area contributed by atoms with Crippen molar-refractivity contribution in [2.45, 2.75) is 6.92 Å². The first-order valence-electron chi connectivity index (χ1n) is 6.08. The Balaban J connectivity index is 2.69. The molecular formula is C16H18O3. The molecule has 0 amide bonds. The maximum Gasteiger partial charge on any atom is 0.203 e. The van der Waals surface area contributed by atoms with Crippen LogP contribution in [0.15, 0.2) is 36.4 Å². The first-order chi connectivity index (χ1) is 9.22. The third kappa shape index (κ3) is 2.36. The van der Waals surface area contributed by atoms with Crippen LogP contribution in [0.5, 0.6) is 17.2 Å². The Hall–Kier alpha value is -2.16. The highest BCUT2D eigenvalue weighted by Gasteiger charge is 2.18. The van der Waals surface area contributed by atoms with Crippen LogP contribution in [0, 0.1) is 6.92 Å². The van der Waals surface area contributed by atoms with Gasteiger partial charge in [-0.1, -0.05) is 30.3 Å². The van der Waals surface area contributed by atoms with Crippen molar-refractivity contribution in [3.8, 4) is 28.4 Å². The molecule has 0 aliphatic rings. The van der Waals surface area contributed by atoms with Gasteiger partial charge in [0.2, 0.25) is 5.75 Å². The second kappa shape index (κ2) is 5.65. The summed E-state index contributed by atoms with van der Waals surface area (Å²) in [5.41, 5.74) is 3.24. The number of ether oxygens (including phenoxy) is 3. The summed E-state index contributed by atoms with van der Waals surface area (Å²) in [4.78, 5) is 0. The third-order valence-electron chi connectivity index (χ3n) is 3.16. The lowest BCUT2D eigenvalue weighted by atomic mass is 9.99. The van der Waals surface area contributed by atoms with Crippen molar-refractivity contribution in [2.75, 3.05) is 21.3 Å². The number of methoxy groups -OCH3 is 3. The zero-order valence-corrected chi connectivity index (χ0v) is 11.7. The zero-order valence-electron chi connectivity index (χ0n) is 11.7. The molecule has 0 radical (unpaired) electrons. The predicted octanol–water partition coefficient (Wildman–Crippen LogP) is 3.69. The van der Waals surface area contributed by atoms with Gasteiger partial charge in [0.1, 0.15) is 0 Å². The molecule has 0 saturated heterocycles. The highest BCUT2D eigenvalue weighted by Crippen LogP contribution is 2.44. The van der Waals surface area contributed by atoms with E-state index in [-0.39, 0.29) is 0 Å². The summed E-state index contributed by atoms with van der Waals surface area (Å²) in [7, 11) is 4.88. The van der Waals surface area contributed by atoms with E-state index in [1.54, 1.807) is 21.3 Å². The zero-order chi connectivity index (χ0) is 13.8. The number of hydrogen-bond acceptors (Lipinski definition) is 3. The minimum Gasteiger partial charge on any atom is -0.493 e. The molecule has 0 N–H and O–H groups in total. The molecule has 0 atom stereocenters. The maximum atomic E-state index is 5.47. The molecule has 19 heavy (non-hydrogen) atoms. The molecule has 3 heteroatoms. The highest BCUT2D eigenvalue weighted by atomic mass is 16.5. The maximum absolute atomic E-state index is 5.47. The smallest absolute Gasteiger partial charge is 0.203 e. The van der Waals surface area contributed by atoms with E-state index in [1.807, 2.05) is 31.2 Å². The van der Waals surface area contributed by atoms with Crippen LogP contribution in [-0.4, -0.2) is 21.3 Å². The van der Waals surface area contributed by atoms with Crippen LogP contribution in [0.3, 0.4) is 0 Å². The van der Waals surface area contributed by atoms with Crippen molar-refractivity contribution in [1.29, 1.82) is 0 Å². The van der Waals surface area contributed by atoms with Gasteiger partial charge >= 0.3 is 0 Å². The van der Waals surface area contributed by atoms with Crippen molar-refractivity contribution in [1.82, 2.24) is 0 Å². The second-order valence-electron chi connectivity index (χ2n) is 4.18. The first-order valence-corrected chi connectivity index (χ1v) is 6.08. The summed E-state index contributed by atoms with van der Waals surface area (Å²) in [5.74, 6) is 2.01. The summed E-state index contributed by atoms with van der Waals surface area (Å²) in [6.07, 6.45) is 0. The van der Waals surface area contributed by atoms with E-state index in [9.17, 15) is 0 Å². The molecule has 3 nitrogen and oxygen atoms in total. The minimum absolute atomic E-state index is 0.627. The average molecular weight is 258 g/mol. The minimum atomic E-state index is 0.627. The lowest BCUT2D eigenvalue weighted by molar-refractivity contribution is 0.323. The van der Waals surface area contributed by atoms with Crippen LogP contribution in [0.4, 0.5) is 0 Å². The normalized spacial score (nSPS) is 10.1. The van der Waals surface area contributed by atoms with E-state index in [2.05, 4.69) is 12.1 Å². The predicted molar refractivity (Wildman–Crippen MR) is 76.3 cm³/mol. The van der Waals surface area contributed by atoms with Gasteiger partial charge in [0.05, 0.1) is 21.3 Å². The third-order valence-corrected chi connectivity index (χ3v) is 3.16. The number of benzene rings is 2. The molecule has 0 heterocycles. The van der Waals surface area contributed by atoms with Gasteiger partial charge in [-0.05, 0) is 24.1 Å². The van der Waals surface area contributed by atoms with Gasteiger partial charge in [-0.2, -0.15) is 0 Å². The quantitative estimate of drug-likeness (QED) is 0.837. The van der Waals surface area contributed by atoms with Crippen molar-refractivity contribution in [3.05, 3.63) is 42.0 Å². The van der Waals surface area contributed by atoms with Crippen LogP contribution >= 0.6 is 0 Å². The van der Waals surface area contributed by atoms with Crippen LogP contribution in [0.1, 0.15) is 5.56 Å². The van der Waals surface area contributed by atoms with Crippen molar-refractivity contribution in [3.63, 3.8) is 0 Å². The number of hydrogen-bond donors (Lipinski definition) is 0. The van der Waals surface area contributed by atoms with Gasteiger partial charge in [-0.15, -0.1) is 0 Å². The highest BCUT2D eigenvalue weighted by molar-refractivity contribution is 5.75. The Labute approximate surface area is 113 Å². The van der Waals surface area contributed by atoms with Gasteiger partial charge < -0.3 is 14.2 Å². The fourth-order valence-electron chi connectivity index (χ4n) is 2.22. The molecule has 0 aliphatic heterocycles. The van der Waals surface area contributed by atoms with E-state index in [4.69, 9.17) is 14.2 Å². The van der Waals surface area contributed by atoms with Crippen LogP contribution < -0.4 is 14.2 Å². The summed E-state index contributed by atoms with van der Waals surface area (Å²) in [6.45, 7) is 2.02. The Morgan fingerprint density at radius 1 is 0.789 bits per heavy atom. The Kier molecular flexibility index (Phi) is 3.95. The van der Waals surface area contributed by atoms with Gasteiger partial charge in [-0.3, -0.25) is 0 Å². The van der Waals surface area contributed by atoms with Gasteiger partial charge in [0, 0.05) is 5.56 Å². The molecule has 0 spiro atoms. The molecule has 0 bridgehead atoms. The van der Waals surface area contributed by atoms with E-state index < -0.39 is 0 Å². The Bertz CT molecular complexity index is 562. The lowest BCUT2D eigenvalue weighted by Gasteiger charge is -2.17. The summed E-state index contributed by atoms with van der Waals surface area (Å²) in [5, 5.41) is 0. The summed E-state index contributed by atoms with van der Waals surface area (Å²) >= 11 is 0. The van der Waals surface area contributed by atoms with E-state index >= 15 is 0 Å². The fraction of sp³-hybridized carbons (Fsp3) is 0.250. The summed E-state index contributed by atoms with van der Waals surface area (Å²) in [6, 6.07) is 12.1. The number of rotatable bonds is 4. The molecule has 2 rings (SSSR count). The molecule has 0 fully saturated rings. The molecule has 100 valence electrons. The van der Waals surface area contributed by atoms with Crippen molar-refractivity contribution >= 4 is 0 Å². The van der Waals surface area contributed by atoms with Crippen LogP contribution in [0.2, 0.25) is 0 Å². The average Bonchev–Trinajstić information content (AvgIpc) is 2.47. The van der Waals surface area contributed by atoms with Crippen molar-refractivity contribution in [2.24, 2.45) is 0 Å². The Morgan fingerprint density at radius 2 is 1.42 bits per heavy atom. The monoisotopic (exact) mass is 258 g/mol. The lowest BCUT2D eigenvalue weighted by Crippen LogP contribution is -1.98. The van der Waals surface area contributed by atoms with E-state index in [0.717, 1.165) is 16.7 Å². The molecule has 0 unspecified atom stereocenters. The largest absolute Gasteiger partial charge is 0.493 e. The molecular weight excluding hydrogens is 240 g/mol. The standard InChI is InChI=1S/C16H18O3/c1-11-13(12-8-6-5-7-9-12)10-14(17-2)16(19-4)15(11)18-3/h5-10H,1-4H3. The Morgan fingerprint density at radius 3 is 1.95 bits per heavy atom. The molecule has 0 saturated carbocycles. The van der Waals surface area contributed by atoms with Gasteiger partial charge in [0.15, 0.2) is 11.5 Å². The molecule has 0 aliphatic carbocycles.